The van der Waals surface area contributed by atoms with Crippen molar-refractivity contribution in [1.82, 2.24) is 20.0 Å². The number of nitrogens with one attached hydrogen (secondary N) is 1. The zero-order valence-corrected chi connectivity index (χ0v) is 16.4. The summed E-state index contributed by atoms with van der Waals surface area (Å²) in [7, 11) is 3.74. The maximum absolute atomic E-state index is 5.92. The Hall–Kier alpha value is -2.38. The van der Waals surface area contributed by atoms with Gasteiger partial charge in [0.2, 0.25) is 0 Å². The van der Waals surface area contributed by atoms with Crippen LogP contribution in [0.3, 0.4) is 0 Å². The van der Waals surface area contributed by atoms with Crippen molar-refractivity contribution in [1.29, 1.82) is 0 Å². The van der Waals surface area contributed by atoms with Crippen molar-refractivity contribution in [3.63, 3.8) is 0 Å². The molecule has 0 aliphatic carbocycles. The molecule has 1 saturated heterocycles. The number of hydrogen-bond donors (Lipinski definition) is 1. The maximum atomic E-state index is 5.92. The summed E-state index contributed by atoms with van der Waals surface area (Å²) in [6, 6.07) is 8.49. The molecule has 7 heteroatoms. The smallest absolute Gasteiger partial charge is 0.194 e. The molecule has 1 unspecified atom stereocenters. The molecule has 0 bridgehead atoms. The van der Waals surface area contributed by atoms with E-state index in [2.05, 4.69) is 44.6 Å². The molecule has 0 saturated carbocycles. The number of aromatic nitrogens is 2. The molecule has 146 valence electrons. The molecule has 7 nitrogen and oxygen atoms in total. The minimum Gasteiger partial charge on any atom is -0.377 e. The van der Waals surface area contributed by atoms with Gasteiger partial charge in [-0.2, -0.15) is 5.10 Å². The Labute approximate surface area is 161 Å². The van der Waals surface area contributed by atoms with E-state index in [1.807, 2.05) is 33.4 Å². The van der Waals surface area contributed by atoms with Gasteiger partial charge < -0.3 is 19.7 Å². The summed E-state index contributed by atoms with van der Waals surface area (Å²) in [4.78, 5) is 6.69. The Balaban J connectivity index is 1.55. The largest absolute Gasteiger partial charge is 0.377 e. The molecule has 3 rings (SSSR count). The molecular weight excluding hydrogens is 342 g/mol. The van der Waals surface area contributed by atoms with E-state index in [-0.39, 0.29) is 6.10 Å². The van der Waals surface area contributed by atoms with Gasteiger partial charge in [0, 0.05) is 45.6 Å². The standard InChI is InChI=1S/C20H29N5O2/c1-4-26-15-17-7-5-16(6-8-17)11-22-20(21-2)25-9-10-27-19(14-25)18-12-23-24(3)13-18/h5-8,12-13,19H,4,9-11,14-15H2,1-3H3,(H,21,22). The number of nitrogens with zero attached hydrogens (tertiary/aromatic N) is 4. The molecule has 2 heterocycles. The Morgan fingerprint density at radius 2 is 2.11 bits per heavy atom. The van der Waals surface area contributed by atoms with Crippen LogP contribution in [0.2, 0.25) is 0 Å². The van der Waals surface area contributed by atoms with Gasteiger partial charge in [-0.05, 0) is 18.1 Å². The molecule has 0 spiro atoms. The molecule has 1 N–H and O–H groups in total. The first-order valence-corrected chi connectivity index (χ1v) is 9.41. The van der Waals surface area contributed by atoms with Crippen LogP contribution < -0.4 is 5.32 Å². The lowest BCUT2D eigenvalue weighted by atomic mass is 10.1. The zero-order chi connectivity index (χ0) is 19.1. The van der Waals surface area contributed by atoms with Gasteiger partial charge in [0.05, 0.1) is 26.0 Å². The average Bonchev–Trinajstić information content (AvgIpc) is 3.14. The monoisotopic (exact) mass is 371 g/mol. The fourth-order valence-electron chi connectivity index (χ4n) is 3.14. The van der Waals surface area contributed by atoms with E-state index in [1.165, 1.54) is 11.1 Å². The molecule has 1 aliphatic rings. The molecule has 1 atom stereocenters. The van der Waals surface area contributed by atoms with Gasteiger partial charge in [-0.1, -0.05) is 24.3 Å². The van der Waals surface area contributed by atoms with Crippen LogP contribution in [-0.4, -0.2) is 54.0 Å². The molecule has 0 amide bonds. The van der Waals surface area contributed by atoms with Crippen molar-refractivity contribution in [2.24, 2.45) is 12.0 Å². The van der Waals surface area contributed by atoms with Crippen molar-refractivity contribution < 1.29 is 9.47 Å². The van der Waals surface area contributed by atoms with E-state index in [9.17, 15) is 0 Å². The first-order chi connectivity index (χ1) is 13.2. The van der Waals surface area contributed by atoms with Crippen LogP contribution in [0.5, 0.6) is 0 Å². The van der Waals surface area contributed by atoms with Crippen molar-refractivity contribution in [3.8, 4) is 0 Å². The molecule has 27 heavy (non-hydrogen) atoms. The van der Waals surface area contributed by atoms with Crippen LogP contribution in [0.25, 0.3) is 0 Å². The Bertz CT molecular complexity index is 741. The van der Waals surface area contributed by atoms with E-state index >= 15 is 0 Å². The number of aliphatic imine (C=N–C) groups is 1. The minimum absolute atomic E-state index is 0.0175. The molecule has 2 aromatic rings. The highest BCUT2D eigenvalue weighted by Crippen LogP contribution is 2.21. The Morgan fingerprint density at radius 3 is 2.78 bits per heavy atom. The molecule has 1 aromatic heterocycles. The third-order valence-corrected chi connectivity index (χ3v) is 4.62. The number of morpholine rings is 1. The molecule has 0 radical (unpaired) electrons. The lowest BCUT2D eigenvalue weighted by Crippen LogP contribution is -2.47. The number of ether oxygens (including phenoxy) is 2. The predicted molar refractivity (Wildman–Crippen MR) is 105 cm³/mol. The summed E-state index contributed by atoms with van der Waals surface area (Å²) >= 11 is 0. The average molecular weight is 371 g/mol. The number of hydrogen-bond acceptors (Lipinski definition) is 4. The summed E-state index contributed by atoms with van der Waals surface area (Å²) in [5, 5.41) is 7.71. The van der Waals surface area contributed by atoms with Crippen molar-refractivity contribution in [2.45, 2.75) is 26.2 Å². The topological polar surface area (TPSA) is 63.9 Å². The summed E-state index contributed by atoms with van der Waals surface area (Å²) in [6.07, 6.45) is 3.89. The van der Waals surface area contributed by atoms with E-state index in [0.29, 0.717) is 13.2 Å². The third kappa shape index (κ3) is 5.30. The fraction of sp³-hybridized carbons (Fsp3) is 0.500. The van der Waals surface area contributed by atoms with Crippen LogP contribution in [0.1, 0.15) is 29.7 Å². The summed E-state index contributed by atoms with van der Waals surface area (Å²) in [6.45, 7) is 6.40. The fourth-order valence-corrected chi connectivity index (χ4v) is 3.14. The van der Waals surface area contributed by atoms with E-state index < -0.39 is 0 Å². The number of benzene rings is 1. The summed E-state index contributed by atoms with van der Waals surface area (Å²) < 4.78 is 13.2. The van der Waals surface area contributed by atoms with Crippen molar-refractivity contribution >= 4 is 5.96 Å². The lowest BCUT2D eigenvalue weighted by Gasteiger charge is -2.34. The van der Waals surface area contributed by atoms with Crippen LogP contribution in [-0.2, 0) is 29.7 Å². The molecular formula is C20H29N5O2. The first kappa shape index (κ1) is 19.4. The molecule has 1 fully saturated rings. The van der Waals surface area contributed by atoms with Crippen molar-refractivity contribution in [2.75, 3.05) is 33.4 Å². The highest BCUT2D eigenvalue weighted by Gasteiger charge is 2.25. The predicted octanol–water partition coefficient (Wildman–Crippen LogP) is 2.11. The maximum Gasteiger partial charge on any atom is 0.194 e. The third-order valence-electron chi connectivity index (χ3n) is 4.62. The van der Waals surface area contributed by atoms with Crippen LogP contribution in [0.4, 0.5) is 0 Å². The number of guanidine groups is 1. The minimum atomic E-state index is 0.0175. The zero-order valence-electron chi connectivity index (χ0n) is 16.4. The van der Waals surface area contributed by atoms with Gasteiger partial charge >= 0.3 is 0 Å². The van der Waals surface area contributed by atoms with Crippen molar-refractivity contribution in [3.05, 3.63) is 53.3 Å². The van der Waals surface area contributed by atoms with Gasteiger partial charge in [-0.15, -0.1) is 0 Å². The Kier molecular flexibility index (Phi) is 6.84. The van der Waals surface area contributed by atoms with Crippen LogP contribution in [0.15, 0.2) is 41.7 Å². The molecule has 1 aromatic carbocycles. The van der Waals surface area contributed by atoms with Crippen LogP contribution in [0, 0.1) is 0 Å². The van der Waals surface area contributed by atoms with Gasteiger partial charge in [-0.3, -0.25) is 9.67 Å². The molecule has 1 aliphatic heterocycles. The van der Waals surface area contributed by atoms with E-state index in [0.717, 1.165) is 37.8 Å². The lowest BCUT2D eigenvalue weighted by molar-refractivity contribution is -0.00805. The van der Waals surface area contributed by atoms with Gasteiger partial charge in [-0.25, -0.2) is 0 Å². The summed E-state index contributed by atoms with van der Waals surface area (Å²) in [5.74, 6) is 0.894. The number of rotatable bonds is 6. The van der Waals surface area contributed by atoms with Gasteiger partial charge in [0.25, 0.3) is 0 Å². The van der Waals surface area contributed by atoms with E-state index in [4.69, 9.17) is 9.47 Å². The quantitative estimate of drug-likeness (QED) is 0.622. The SMILES string of the molecule is CCOCc1ccc(CNC(=NC)N2CCOC(c3cnn(C)c3)C2)cc1. The highest BCUT2D eigenvalue weighted by molar-refractivity contribution is 5.80. The second-order valence-corrected chi connectivity index (χ2v) is 6.61. The Morgan fingerprint density at radius 1 is 1.33 bits per heavy atom. The first-order valence-electron chi connectivity index (χ1n) is 9.41. The number of aryl methyl sites for hydroxylation is 1. The summed E-state index contributed by atoms with van der Waals surface area (Å²) in [5.41, 5.74) is 3.51. The van der Waals surface area contributed by atoms with E-state index in [1.54, 1.807) is 4.68 Å². The normalized spacial score (nSPS) is 18.0. The van der Waals surface area contributed by atoms with Gasteiger partial charge in [0.1, 0.15) is 6.10 Å². The second-order valence-electron chi connectivity index (χ2n) is 6.61. The van der Waals surface area contributed by atoms with Gasteiger partial charge in [0.15, 0.2) is 5.96 Å². The second kappa shape index (κ2) is 9.53. The highest BCUT2D eigenvalue weighted by atomic mass is 16.5. The van der Waals surface area contributed by atoms with Crippen LogP contribution >= 0.6 is 0 Å².